The number of fused-ring (bicyclic) bond motifs is 12. The van der Waals surface area contributed by atoms with Crippen LogP contribution >= 0.6 is 0 Å². The number of hydrogen-bond acceptors (Lipinski definition) is 5. The molecular weight excluding hydrogens is 1080 g/mol. The van der Waals surface area contributed by atoms with Crippen molar-refractivity contribution in [2.24, 2.45) is 0 Å². The Labute approximate surface area is 524 Å². The van der Waals surface area contributed by atoms with E-state index in [0.717, 1.165) is 101 Å². The van der Waals surface area contributed by atoms with Crippen molar-refractivity contribution in [2.75, 3.05) is 14.7 Å². The van der Waals surface area contributed by atoms with Crippen molar-refractivity contribution >= 4 is 106 Å². The Balaban J connectivity index is 1.07. The molecule has 0 saturated heterocycles. The van der Waals surface area contributed by atoms with Crippen LogP contribution in [0.2, 0.25) is 0 Å². The number of furan rings is 2. The van der Waals surface area contributed by atoms with Crippen LogP contribution in [0.3, 0.4) is 0 Å². The van der Waals surface area contributed by atoms with Crippen LogP contribution in [0.4, 0.5) is 51.2 Å². The highest BCUT2D eigenvalue weighted by Crippen LogP contribution is 2.61. The first-order valence-corrected chi connectivity index (χ1v) is 31.8. The minimum absolute atomic E-state index is 0.0131. The molecule has 89 heavy (non-hydrogen) atoms. The lowest BCUT2D eigenvalue weighted by molar-refractivity contribution is 0.587. The number of hydrogen-bond donors (Lipinski definition) is 0. The fourth-order valence-corrected chi connectivity index (χ4v) is 14.2. The van der Waals surface area contributed by atoms with E-state index < -0.39 is 0 Å². The van der Waals surface area contributed by atoms with Crippen LogP contribution in [0.25, 0.3) is 60.6 Å². The second-order valence-corrected chi connectivity index (χ2v) is 30.3. The Bertz CT molecular complexity index is 4840. The maximum atomic E-state index is 7.39. The highest BCUT2D eigenvalue weighted by Gasteiger charge is 2.43. The number of anilines is 9. The van der Waals surface area contributed by atoms with Gasteiger partial charge in [0.1, 0.15) is 11.2 Å². The van der Waals surface area contributed by atoms with Crippen molar-refractivity contribution in [3.63, 3.8) is 0 Å². The summed E-state index contributed by atoms with van der Waals surface area (Å²) in [5, 5.41) is 5.58. The highest BCUT2D eigenvalue weighted by molar-refractivity contribution is 6.22. The summed E-state index contributed by atoms with van der Waals surface area (Å²) in [5.74, 6) is -0.170. The Kier molecular flexibility index (Phi) is 12.4. The zero-order valence-corrected chi connectivity index (χ0v) is 54.3. The molecule has 0 spiro atoms. The van der Waals surface area contributed by atoms with Gasteiger partial charge in [-0.1, -0.05) is 219 Å². The Morgan fingerprint density at radius 2 is 0.787 bits per heavy atom. The summed E-state index contributed by atoms with van der Waals surface area (Å²) in [5.41, 5.74) is 25.0. The van der Waals surface area contributed by atoms with Crippen LogP contribution in [0.15, 0.2) is 215 Å². The van der Waals surface area contributed by atoms with Crippen LogP contribution in [0.5, 0.6) is 0 Å². The lowest BCUT2D eigenvalue weighted by Crippen LogP contribution is -2.27. The van der Waals surface area contributed by atoms with Crippen molar-refractivity contribution in [3.8, 4) is 5.69 Å². The minimum Gasteiger partial charge on any atom is -0.454 e. The van der Waals surface area contributed by atoms with E-state index >= 15 is 0 Å². The quantitative estimate of drug-likeness (QED) is 0.159. The van der Waals surface area contributed by atoms with Gasteiger partial charge in [-0.25, -0.2) is 0 Å². The van der Waals surface area contributed by atoms with Gasteiger partial charge in [0.25, 0.3) is 0 Å². The average Bonchev–Trinajstić information content (AvgIpc) is 1.63. The number of benzene rings is 10. The topological polar surface area (TPSA) is 40.9 Å². The second kappa shape index (κ2) is 19.6. The summed E-state index contributed by atoms with van der Waals surface area (Å²) in [6.45, 7) is 34.3. The first kappa shape index (κ1) is 56.3. The zero-order valence-electron chi connectivity index (χ0n) is 54.3. The van der Waals surface area contributed by atoms with Gasteiger partial charge in [0, 0.05) is 61.5 Å². The lowest BCUT2D eigenvalue weighted by atomic mass is 9.76. The van der Waals surface area contributed by atoms with E-state index in [1.54, 1.807) is 0 Å². The molecule has 0 radical (unpaired) electrons. The molecular formula is C83H80N4O2. The zero-order chi connectivity index (χ0) is 62.0. The van der Waals surface area contributed by atoms with Gasteiger partial charge in [-0.2, -0.15) is 0 Å². The molecule has 3 aromatic heterocycles. The summed E-state index contributed by atoms with van der Waals surface area (Å²) >= 11 is 0. The Morgan fingerprint density at radius 3 is 1.34 bits per heavy atom. The van der Waals surface area contributed by atoms with Crippen LogP contribution in [-0.2, 0) is 27.1 Å². The maximum Gasteiger partial charge on any atom is 0.213 e. The summed E-state index contributed by atoms with van der Waals surface area (Å²) in [7, 11) is 0. The van der Waals surface area contributed by atoms with Crippen LogP contribution in [0.1, 0.15) is 154 Å². The van der Waals surface area contributed by atoms with Crippen molar-refractivity contribution < 1.29 is 8.83 Å². The number of nitrogens with zero attached hydrogens (tertiary/aromatic N) is 4. The van der Waals surface area contributed by atoms with E-state index in [1.807, 2.05) is 0 Å². The SMILES string of the molecule is CC(C)(C)c1ccc(N(c2ccc(C(C)(C)C)cc2)c2ccc3c(c2)N(c2cccc4c2oc2cc(C(C)(C)C)ccc24)c2cc(N(c4ccc(C(C)(C)C)cc4)c4ccc(C(C)(C)C)cc4)cc4c2C3c2cccc3c5c6ccccc6oc5n-4c23)cc1. The van der Waals surface area contributed by atoms with Crippen molar-refractivity contribution in [2.45, 2.75) is 137 Å². The summed E-state index contributed by atoms with van der Waals surface area (Å²) in [6.07, 6.45) is 0. The second-order valence-electron chi connectivity index (χ2n) is 30.3. The van der Waals surface area contributed by atoms with Crippen LogP contribution in [0, 0.1) is 0 Å². The van der Waals surface area contributed by atoms with Crippen LogP contribution in [-0.4, -0.2) is 4.57 Å². The van der Waals surface area contributed by atoms with E-state index in [2.05, 4.69) is 329 Å². The molecule has 2 aliphatic heterocycles. The number of aromatic nitrogens is 1. The average molecular weight is 1170 g/mol. The molecule has 5 heterocycles. The molecule has 0 saturated carbocycles. The molecule has 0 fully saturated rings. The molecule has 6 heteroatoms. The number of rotatable bonds is 7. The molecule has 0 N–H and O–H groups in total. The van der Waals surface area contributed by atoms with E-state index in [4.69, 9.17) is 8.83 Å². The molecule has 6 nitrogen and oxygen atoms in total. The first-order valence-electron chi connectivity index (χ1n) is 31.8. The van der Waals surface area contributed by atoms with E-state index in [-0.39, 0.29) is 33.0 Å². The summed E-state index contributed by atoms with van der Waals surface area (Å²) in [6, 6.07) is 78.1. The Morgan fingerprint density at radius 1 is 0.326 bits per heavy atom. The van der Waals surface area contributed by atoms with Gasteiger partial charge in [-0.15, -0.1) is 0 Å². The smallest absolute Gasteiger partial charge is 0.213 e. The lowest BCUT2D eigenvalue weighted by Gasteiger charge is -2.42. The molecule has 13 aromatic rings. The monoisotopic (exact) mass is 1160 g/mol. The van der Waals surface area contributed by atoms with Crippen molar-refractivity contribution in [3.05, 3.63) is 251 Å². The predicted octanol–water partition coefficient (Wildman–Crippen LogP) is 24.1. The molecule has 10 aromatic carbocycles. The van der Waals surface area contributed by atoms with E-state index in [9.17, 15) is 0 Å². The van der Waals surface area contributed by atoms with Gasteiger partial charge in [0.15, 0.2) is 5.58 Å². The predicted molar refractivity (Wildman–Crippen MR) is 376 cm³/mol. The van der Waals surface area contributed by atoms with Crippen LogP contribution < -0.4 is 14.7 Å². The van der Waals surface area contributed by atoms with Gasteiger partial charge in [-0.05, 0) is 157 Å². The minimum atomic E-state index is -0.170. The van der Waals surface area contributed by atoms with Gasteiger partial charge in [0.2, 0.25) is 5.71 Å². The first-order chi connectivity index (χ1) is 42.3. The van der Waals surface area contributed by atoms with Gasteiger partial charge in [0.05, 0.1) is 39.3 Å². The van der Waals surface area contributed by atoms with Crippen molar-refractivity contribution in [1.29, 1.82) is 0 Å². The third kappa shape index (κ3) is 9.10. The molecule has 0 aliphatic carbocycles. The third-order valence-electron chi connectivity index (χ3n) is 19.2. The molecule has 2 aliphatic rings. The molecule has 1 unspecified atom stereocenters. The Hall–Kier alpha value is -9.26. The third-order valence-corrected chi connectivity index (χ3v) is 19.2. The molecule has 444 valence electrons. The van der Waals surface area contributed by atoms with Gasteiger partial charge >= 0.3 is 0 Å². The molecule has 0 amide bonds. The summed E-state index contributed by atoms with van der Waals surface area (Å²) in [4.78, 5) is 7.46. The largest absolute Gasteiger partial charge is 0.454 e. The van der Waals surface area contributed by atoms with E-state index in [1.165, 1.54) is 55.4 Å². The van der Waals surface area contributed by atoms with Gasteiger partial charge in [-0.3, -0.25) is 4.57 Å². The fourth-order valence-electron chi connectivity index (χ4n) is 14.2. The molecule has 15 rings (SSSR count). The van der Waals surface area contributed by atoms with Gasteiger partial charge < -0.3 is 23.5 Å². The van der Waals surface area contributed by atoms with Crippen molar-refractivity contribution in [1.82, 2.24) is 4.57 Å². The standard InChI is InChI=1S/C83H80N4O2/c1-79(2,3)50-26-35-55(36-27-50)84(56-37-28-51(29-38-56)80(4,5)6)59-43-45-63-68(47-59)86(67-24-19-21-62-61-44-34-54(83(13,14)15)46-72(61)88-77(62)67)69-48-60(85(57-39-30-52(31-40-57)81(7,8)9)58-41-32-53(33-42-58)82(10,11)12)49-70-75(69)73(63)65-22-18-23-66-74-64-20-16-17-25-71(64)89-78(74)87(70)76(65)66/h16-49,73H,1-15H3. The normalized spacial score (nSPS) is 14.3. The molecule has 0 bridgehead atoms. The number of para-hydroxylation sites is 3. The van der Waals surface area contributed by atoms with E-state index in [0.29, 0.717) is 0 Å². The molecule has 1 atom stereocenters. The fraction of sp³-hybridized carbons (Fsp3) is 0.253. The highest BCUT2D eigenvalue weighted by atomic mass is 16.3. The maximum absolute atomic E-state index is 7.39. The summed E-state index contributed by atoms with van der Waals surface area (Å²) < 4.78 is 17.0.